The molecule has 0 bridgehead atoms. The fraction of sp³-hybridized carbons (Fsp3) is 0.805. The van der Waals surface area contributed by atoms with Crippen molar-refractivity contribution in [2.24, 2.45) is 5.73 Å². The van der Waals surface area contributed by atoms with Gasteiger partial charge in [0, 0.05) is 19.4 Å². The van der Waals surface area contributed by atoms with E-state index in [1.807, 2.05) is 0 Å². The van der Waals surface area contributed by atoms with Gasteiger partial charge in [-0.2, -0.15) is 0 Å². The van der Waals surface area contributed by atoms with Crippen LogP contribution in [0.4, 0.5) is 0 Å². The Balaban J connectivity index is 4.25. The Labute approximate surface area is 312 Å². The molecule has 0 rings (SSSR count). The zero-order chi connectivity index (χ0) is 37.5. The number of carbonyl (C=O) groups is 2. The van der Waals surface area contributed by atoms with Crippen LogP contribution < -0.4 is 5.73 Å². The minimum absolute atomic E-state index is 0.0480. The Kier molecular flexibility index (Phi) is 36.7. The average Bonchev–Trinajstić information content (AvgIpc) is 3.11. The lowest BCUT2D eigenvalue weighted by molar-refractivity contribution is -0.161. The summed E-state index contributed by atoms with van der Waals surface area (Å²) in [6.45, 7) is 3.66. The zero-order valence-electron chi connectivity index (χ0n) is 32.6. The first-order valence-electron chi connectivity index (χ1n) is 20.5. The van der Waals surface area contributed by atoms with Crippen molar-refractivity contribution >= 4 is 19.8 Å². The summed E-state index contributed by atoms with van der Waals surface area (Å²) in [5.74, 6) is -0.872. The number of hydrogen-bond acceptors (Lipinski definition) is 8. The highest BCUT2D eigenvalue weighted by Gasteiger charge is 2.25. The minimum Gasteiger partial charge on any atom is -0.462 e. The van der Waals surface area contributed by atoms with E-state index >= 15 is 0 Å². The topological polar surface area (TPSA) is 134 Å². The molecule has 0 aliphatic heterocycles. The molecule has 51 heavy (non-hydrogen) atoms. The number of hydrogen-bond donors (Lipinski definition) is 2. The molecule has 298 valence electrons. The minimum atomic E-state index is -4.38. The molecule has 0 aromatic carbocycles. The molecule has 0 amide bonds. The molecular weight excluding hydrogens is 665 g/mol. The molecule has 0 aliphatic carbocycles. The predicted molar refractivity (Wildman–Crippen MR) is 210 cm³/mol. The number of allylic oxidation sites excluding steroid dienone is 6. The van der Waals surface area contributed by atoms with Crippen LogP contribution in [0.15, 0.2) is 36.5 Å². The van der Waals surface area contributed by atoms with E-state index in [1.54, 1.807) is 0 Å². The Morgan fingerprint density at radius 3 is 1.57 bits per heavy atom. The van der Waals surface area contributed by atoms with Crippen molar-refractivity contribution in [2.45, 2.75) is 187 Å². The molecule has 0 radical (unpaired) electrons. The number of rotatable bonds is 38. The molecule has 0 fully saturated rings. The number of ether oxygens (including phenoxy) is 2. The van der Waals surface area contributed by atoms with Gasteiger partial charge in [0.15, 0.2) is 6.10 Å². The second kappa shape index (κ2) is 38.0. The van der Waals surface area contributed by atoms with Crippen LogP contribution in [0.25, 0.3) is 0 Å². The van der Waals surface area contributed by atoms with Gasteiger partial charge in [-0.25, -0.2) is 4.57 Å². The van der Waals surface area contributed by atoms with Crippen molar-refractivity contribution < 1.29 is 37.6 Å². The largest absolute Gasteiger partial charge is 0.472 e. The lowest BCUT2D eigenvalue weighted by Gasteiger charge is -2.19. The molecule has 1 unspecified atom stereocenters. The maximum atomic E-state index is 12.5. The van der Waals surface area contributed by atoms with Gasteiger partial charge in [0.2, 0.25) is 0 Å². The van der Waals surface area contributed by atoms with Gasteiger partial charge in [-0.1, -0.05) is 140 Å². The van der Waals surface area contributed by atoms with Gasteiger partial charge in [-0.05, 0) is 64.2 Å². The molecule has 0 aliphatic rings. The predicted octanol–water partition coefficient (Wildman–Crippen LogP) is 11.4. The molecule has 9 nitrogen and oxygen atoms in total. The second-order valence-corrected chi connectivity index (χ2v) is 15.0. The Bertz CT molecular complexity index is 939. The van der Waals surface area contributed by atoms with Crippen LogP contribution in [0, 0.1) is 0 Å². The third-order valence-electron chi connectivity index (χ3n) is 8.53. The fourth-order valence-electron chi connectivity index (χ4n) is 5.44. The molecule has 0 heterocycles. The number of nitrogens with two attached hydrogens (primary N) is 1. The van der Waals surface area contributed by atoms with E-state index in [0.717, 1.165) is 57.8 Å². The molecule has 3 N–H and O–H groups in total. The molecule has 0 aromatic heterocycles. The van der Waals surface area contributed by atoms with Crippen molar-refractivity contribution in [3.63, 3.8) is 0 Å². The van der Waals surface area contributed by atoms with Gasteiger partial charge >= 0.3 is 19.8 Å². The third kappa shape index (κ3) is 37.8. The average molecular weight is 742 g/mol. The summed E-state index contributed by atoms with van der Waals surface area (Å²) in [6, 6.07) is 0. The number of unbranched alkanes of at least 4 members (excludes halogenated alkanes) is 20. The SMILES string of the molecule is CCCCCC/C=C/C=C/CCCCCCCC(=O)OC[C@H](COP(=O)(O)OCCN)OC(=O)CCCC/C=C/CCCCCCCCCCC. The van der Waals surface area contributed by atoms with E-state index in [9.17, 15) is 19.0 Å². The highest BCUT2D eigenvalue weighted by molar-refractivity contribution is 7.47. The van der Waals surface area contributed by atoms with E-state index < -0.39 is 32.5 Å². The molecule has 0 saturated carbocycles. The summed E-state index contributed by atoms with van der Waals surface area (Å²) in [5, 5.41) is 0. The maximum absolute atomic E-state index is 12.5. The quantitative estimate of drug-likeness (QED) is 0.0208. The van der Waals surface area contributed by atoms with Crippen molar-refractivity contribution in [1.29, 1.82) is 0 Å². The van der Waals surface area contributed by atoms with Gasteiger partial charge in [-0.15, -0.1) is 0 Å². The third-order valence-corrected chi connectivity index (χ3v) is 9.51. The van der Waals surface area contributed by atoms with E-state index in [1.165, 1.54) is 83.5 Å². The summed E-state index contributed by atoms with van der Waals surface area (Å²) in [5.41, 5.74) is 5.33. The summed E-state index contributed by atoms with van der Waals surface area (Å²) >= 11 is 0. The van der Waals surface area contributed by atoms with Crippen molar-refractivity contribution in [2.75, 3.05) is 26.4 Å². The van der Waals surface area contributed by atoms with Crippen LogP contribution in [0.1, 0.15) is 181 Å². The summed E-state index contributed by atoms with van der Waals surface area (Å²) in [6.07, 6.45) is 40.3. The van der Waals surface area contributed by atoms with Crippen LogP contribution in [0.3, 0.4) is 0 Å². The lowest BCUT2D eigenvalue weighted by Crippen LogP contribution is -2.29. The number of phosphoric ester groups is 1. The first-order chi connectivity index (χ1) is 24.8. The van der Waals surface area contributed by atoms with Gasteiger partial charge < -0.3 is 20.1 Å². The zero-order valence-corrected chi connectivity index (χ0v) is 33.5. The van der Waals surface area contributed by atoms with Gasteiger partial charge in [0.25, 0.3) is 0 Å². The van der Waals surface area contributed by atoms with E-state index in [4.69, 9.17) is 24.3 Å². The maximum Gasteiger partial charge on any atom is 0.472 e. The number of phosphoric acid groups is 1. The van der Waals surface area contributed by atoms with Gasteiger partial charge in [-0.3, -0.25) is 18.6 Å². The van der Waals surface area contributed by atoms with Crippen LogP contribution >= 0.6 is 7.82 Å². The Morgan fingerprint density at radius 2 is 1.02 bits per heavy atom. The molecule has 0 aromatic rings. The normalized spacial score (nSPS) is 13.7. The van der Waals surface area contributed by atoms with E-state index in [0.29, 0.717) is 12.8 Å². The number of carbonyl (C=O) groups excluding carboxylic acids is 2. The summed E-state index contributed by atoms with van der Waals surface area (Å²) in [7, 11) is -4.38. The van der Waals surface area contributed by atoms with Crippen molar-refractivity contribution in [3.8, 4) is 0 Å². The monoisotopic (exact) mass is 742 g/mol. The molecular formula is C41H76NO8P. The van der Waals surface area contributed by atoms with Gasteiger partial charge in [0.1, 0.15) is 6.61 Å². The van der Waals surface area contributed by atoms with Crippen LogP contribution in [-0.4, -0.2) is 49.3 Å². The van der Waals surface area contributed by atoms with Crippen LogP contribution in [0.2, 0.25) is 0 Å². The van der Waals surface area contributed by atoms with Crippen LogP contribution in [0.5, 0.6) is 0 Å². The standard InChI is InChI=1S/C41H76NO8P/c1-3-5-7-9-11-13-15-17-19-21-23-25-27-29-31-33-40(43)47-37-39(38-49-51(45,46)48-36-35-42)50-41(44)34-32-30-28-26-24-22-20-18-16-14-12-10-8-6-4-2/h13,15,17,19,24,26,39H,3-12,14,16,18,20-23,25,27-38,42H2,1-2H3,(H,45,46)/b15-13+,19-17+,26-24+/t39-/m1/s1. The first kappa shape index (κ1) is 49.2. The summed E-state index contributed by atoms with van der Waals surface area (Å²) < 4.78 is 32.7. The summed E-state index contributed by atoms with van der Waals surface area (Å²) in [4.78, 5) is 34.8. The first-order valence-corrected chi connectivity index (χ1v) is 22.0. The van der Waals surface area contributed by atoms with Crippen molar-refractivity contribution in [1.82, 2.24) is 0 Å². The second-order valence-electron chi connectivity index (χ2n) is 13.5. The smallest absolute Gasteiger partial charge is 0.462 e. The van der Waals surface area contributed by atoms with E-state index in [2.05, 4.69) is 50.3 Å². The molecule has 2 atom stereocenters. The Morgan fingerprint density at radius 1 is 0.588 bits per heavy atom. The molecule has 0 spiro atoms. The highest BCUT2D eigenvalue weighted by Crippen LogP contribution is 2.43. The molecule has 10 heteroatoms. The van der Waals surface area contributed by atoms with Crippen molar-refractivity contribution in [3.05, 3.63) is 36.5 Å². The highest BCUT2D eigenvalue weighted by atomic mass is 31.2. The Hall–Kier alpha value is -1.77. The fourth-order valence-corrected chi connectivity index (χ4v) is 6.21. The van der Waals surface area contributed by atoms with Gasteiger partial charge in [0.05, 0.1) is 13.2 Å². The van der Waals surface area contributed by atoms with E-state index in [-0.39, 0.29) is 32.6 Å². The lowest BCUT2D eigenvalue weighted by atomic mass is 10.1. The molecule has 0 saturated heterocycles. The number of esters is 2. The van der Waals surface area contributed by atoms with Crippen LogP contribution in [-0.2, 0) is 32.7 Å².